The molecule has 0 bridgehead atoms. The SMILES string of the molecule is Cc1ccc(OCC(=O)N2CCN(C(=O)C(NC(=O)c3cccs3)S(=O)(=O)c3ccc(F)cc3)CC2)cc1. The zero-order valence-electron chi connectivity index (χ0n) is 20.5. The van der Waals surface area contributed by atoms with Gasteiger partial charge in [-0.25, -0.2) is 12.8 Å². The van der Waals surface area contributed by atoms with Crippen LogP contribution in [0.1, 0.15) is 15.2 Å². The van der Waals surface area contributed by atoms with E-state index in [1.165, 1.54) is 15.9 Å². The summed E-state index contributed by atoms with van der Waals surface area (Å²) in [4.78, 5) is 41.5. The maximum absolute atomic E-state index is 13.4. The normalized spacial score (nSPS) is 14.6. The third-order valence-corrected chi connectivity index (χ3v) is 8.75. The number of hydrogen-bond acceptors (Lipinski definition) is 7. The summed E-state index contributed by atoms with van der Waals surface area (Å²) in [5, 5.41) is 2.07. The Labute approximate surface area is 223 Å². The molecule has 1 aliphatic rings. The Morgan fingerprint density at radius 1 is 0.974 bits per heavy atom. The number of hydrogen-bond donors (Lipinski definition) is 1. The second kappa shape index (κ2) is 11.7. The van der Waals surface area contributed by atoms with Crippen molar-refractivity contribution in [3.8, 4) is 5.75 Å². The van der Waals surface area contributed by atoms with Gasteiger partial charge < -0.3 is 19.9 Å². The molecule has 38 heavy (non-hydrogen) atoms. The van der Waals surface area contributed by atoms with Gasteiger partial charge in [0.25, 0.3) is 17.7 Å². The highest BCUT2D eigenvalue weighted by atomic mass is 32.2. The molecule has 1 aromatic heterocycles. The van der Waals surface area contributed by atoms with E-state index >= 15 is 0 Å². The number of halogens is 1. The molecule has 0 radical (unpaired) electrons. The van der Waals surface area contributed by atoms with Crippen molar-refractivity contribution in [3.05, 3.63) is 82.3 Å². The monoisotopic (exact) mass is 559 g/mol. The molecule has 0 spiro atoms. The first-order valence-electron chi connectivity index (χ1n) is 11.7. The Balaban J connectivity index is 1.44. The number of amides is 3. The number of ether oxygens (including phenoxy) is 1. The Morgan fingerprint density at radius 2 is 1.61 bits per heavy atom. The first-order chi connectivity index (χ1) is 18.1. The molecule has 3 amide bonds. The molecule has 4 rings (SSSR count). The Hall–Kier alpha value is -3.77. The number of nitrogens with zero attached hydrogens (tertiary/aromatic N) is 2. The van der Waals surface area contributed by atoms with E-state index in [1.54, 1.807) is 23.6 Å². The number of sulfone groups is 1. The summed E-state index contributed by atoms with van der Waals surface area (Å²) < 4.78 is 45.7. The second-order valence-electron chi connectivity index (χ2n) is 8.64. The first-order valence-corrected chi connectivity index (χ1v) is 14.2. The molecule has 9 nitrogen and oxygen atoms in total. The summed E-state index contributed by atoms with van der Waals surface area (Å²) in [6.07, 6.45) is 0. The van der Waals surface area contributed by atoms with Gasteiger partial charge in [0.2, 0.25) is 15.2 Å². The molecule has 0 saturated carbocycles. The van der Waals surface area contributed by atoms with Gasteiger partial charge in [0, 0.05) is 26.2 Å². The molecule has 1 atom stereocenters. The summed E-state index contributed by atoms with van der Waals surface area (Å²) >= 11 is 1.10. The van der Waals surface area contributed by atoms with Crippen LogP contribution in [-0.2, 0) is 19.4 Å². The average Bonchev–Trinajstić information content (AvgIpc) is 3.46. The fourth-order valence-corrected chi connectivity index (χ4v) is 5.93. The van der Waals surface area contributed by atoms with Crippen LogP contribution in [0.5, 0.6) is 5.75 Å². The van der Waals surface area contributed by atoms with Gasteiger partial charge in [-0.3, -0.25) is 14.4 Å². The Kier molecular flexibility index (Phi) is 8.42. The van der Waals surface area contributed by atoms with Gasteiger partial charge in [0.05, 0.1) is 9.77 Å². The van der Waals surface area contributed by atoms with Gasteiger partial charge in [-0.05, 0) is 54.8 Å². The van der Waals surface area contributed by atoms with Crippen molar-refractivity contribution in [2.24, 2.45) is 0 Å². The lowest BCUT2D eigenvalue weighted by molar-refractivity contribution is -0.140. The van der Waals surface area contributed by atoms with E-state index in [2.05, 4.69) is 5.32 Å². The fraction of sp³-hybridized carbons (Fsp3) is 0.269. The maximum Gasteiger partial charge on any atom is 0.262 e. The molecular weight excluding hydrogens is 533 g/mol. The largest absolute Gasteiger partial charge is 0.484 e. The van der Waals surface area contributed by atoms with E-state index in [0.717, 1.165) is 41.2 Å². The van der Waals surface area contributed by atoms with E-state index in [-0.39, 0.29) is 48.5 Å². The predicted molar refractivity (Wildman–Crippen MR) is 139 cm³/mol. The predicted octanol–water partition coefficient (Wildman–Crippen LogP) is 2.48. The topological polar surface area (TPSA) is 113 Å². The smallest absolute Gasteiger partial charge is 0.262 e. The third kappa shape index (κ3) is 6.37. The van der Waals surface area contributed by atoms with Gasteiger partial charge >= 0.3 is 0 Å². The number of carbonyl (C=O) groups is 3. The molecule has 1 fully saturated rings. The van der Waals surface area contributed by atoms with Crippen molar-refractivity contribution >= 4 is 38.9 Å². The van der Waals surface area contributed by atoms with Crippen molar-refractivity contribution in [2.75, 3.05) is 32.8 Å². The molecule has 3 aromatic rings. The van der Waals surface area contributed by atoms with Gasteiger partial charge in [-0.2, -0.15) is 0 Å². The molecule has 1 aliphatic heterocycles. The highest BCUT2D eigenvalue weighted by Crippen LogP contribution is 2.20. The van der Waals surface area contributed by atoms with Crippen LogP contribution in [0.25, 0.3) is 0 Å². The van der Waals surface area contributed by atoms with Crippen LogP contribution in [0.15, 0.2) is 70.9 Å². The summed E-state index contributed by atoms with van der Waals surface area (Å²) in [6.45, 7) is 2.25. The fourth-order valence-electron chi connectivity index (χ4n) is 3.84. The van der Waals surface area contributed by atoms with E-state index in [1.807, 2.05) is 19.1 Å². The maximum atomic E-state index is 13.4. The van der Waals surface area contributed by atoms with E-state index in [9.17, 15) is 27.2 Å². The molecule has 2 aromatic carbocycles. The van der Waals surface area contributed by atoms with Crippen LogP contribution in [0.2, 0.25) is 0 Å². The molecule has 1 unspecified atom stereocenters. The van der Waals surface area contributed by atoms with Crippen LogP contribution < -0.4 is 10.1 Å². The van der Waals surface area contributed by atoms with Crippen LogP contribution in [0, 0.1) is 12.7 Å². The van der Waals surface area contributed by atoms with E-state index < -0.39 is 32.8 Å². The standard InChI is InChI=1S/C26H26FN3O6S2/c1-18-4-8-20(9-5-18)36-17-23(31)29-12-14-30(15-13-29)26(33)25(28-24(32)22-3-2-16-37-22)38(34,35)21-10-6-19(27)7-11-21/h2-11,16,25H,12-15,17H2,1H3,(H,28,32). The van der Waals surface area contributed by atoms with Crippen LogP contribution >= 0.6 is 11.3 Å². The quantitative estimate of drug-likeness (QED) is 0.425. The number of aryl methyl sites for hydroxylation is 1. The minimum absolute atomic E-state index is 0.0689. The highest BCUT2D eigenvalue weighted by molar-refractivity contribution is 7.92. The molecule has 2 heterocycles. The van der Waals surface area contributed by atoms with E-state index in [0.29, 0.717) is 5.75 Å². The minimum Gasteiger partial charge on any atom is -0.484 e. The van der Waals surface area contributed by atoms with Crippen molar-refractivity contribution in [3.63, 3.8) is 0 Å². The number of rotatable bonds is 8. The lowest BCUT2D eigenvalue weighted by Crippen LogP contribution is -2.58. The lowest BCUT2D eigenvalue weighted by Gasteiger charge is -2.36. The molecule has 0 aliphatic carbocycles. The lowest BCUT2D eigenvalue weighted by atomic mass is 10.2. The molecular formula is C26H26FN3O6S2. The zero-order valence-corrected chi connectivity index (χ0v) is 22.1. The van der Waals surface area contributed by atoms with Gasteiger partial charge in [-0.1, -0.05) is 23.8 Å². The van der Waals surface area contributed by atoms with Crippen molar-refractivity contribution < 1.29 is 31.9 Å². The van der Waals surface area contributed by atoms with Crippen LogP contribution in [0.4, 0.5) is 4.39 Å². The van der Waals surface area contributed by atoms with E-state index in [4.69, 9.17) is 4.74 Å². The number of piperazine rings is 1. The van der Waals surface area contributed by atoms with Crippen molar-refractivity contribution in [1.82, 2.24) is 15.1 Å². The zero-order chi connectivity index (χ0) is 27.3. The number of benzene rings is 2. The summed E-state index contributed by atoms with van der Waals surface area (Å²) in [7, 11) is -4.41. The highest BCUT2D eigenvalue weighted by Gasteiger charge is 2.39. The summed E-state index contributed by atoms with van der Waals surface area (Å²) in [6, 6.07) is 14.5. The van der Waals surface area contributed by atoms with Crippen LogP contribution in [0.3, 0.4) is 0 Å². The second-order valence-corrected chi connectivity index (χ2v) is 11.6. The number of carbonyl (C=O) groups excluding carboxylic acids is 3. The first kappa shape index (κ1) is 27.3. The molecule has 12 heteroatoms. The average molecular weight is 560 g/mol. The summed E-state index contributed by atoms with van der Waals surface area (Å²) in [5.41, 5.74) is 1.07. The number of thiophene rings is 1. The summed E-state index contributed by atoms with van der Waals surface area (Å²) in [5.74, 6) is -1.89. The van der Waals surface area contributed by atoms with Crippen LogP contribution in [-0.4, -0.2) is 74.1 Å². The molecule has 1 N–H and O–H groups in total. The molecule has 200 valence electrons. The Morgan fingerprint density at radius 3 is 2.21 bits per heavy atom. The minimum atomic E-state index is -4.41. The van der Waals surface area contributed by atoms with Gasteiger partial charge in [0.1, 0.15) is 11.6 Å². The Bertz CT molecular complexity index is 1390. The molecule has 1 saturated heterocycles. The van der Waals surface area contributed by atoms with Gasteiger partial charge in [-0.15, -0.1) is 11.3 Å². The van der Waals surface area contributed by atoms with Crippen molar-refractivity contribution in [2.45, 2.75) is 17.2 Å². The third-order valence-electron chi connectivity index (χ3n) is 6.01. The van der Waals surface area contributed by atoms with Crippen molar-refractivity contribution in [1.29, 1.82) is 0 Å². The number of nitrogens with one attached hydrogen (secondary N) is 1. The van der Waals surface area contributed by atoms with Gasteiger partial charge in [0.15, 0.2) is 6.61 Å².